The molecule has 13 heteroatoms. The number of phenolic OH excluding ortho intramolecular Hbond substituents is 2. The number of rotatable bonds is 5. The summed E-state index contributed by atoms with van der Waals surface area (Å²) >= 11 is 0. The van der Waals surface area contributed by atoms with E-state index < -0.39 is 71.4 Å². The van der Waals surface area contributed by atoms with Gasteiger partial charge in [0, 0.05) is 22.9 Å². The van der Waals surface area contributed by atoms with Gasteiger partial charge in [-0.15, -0.1) is 0 Å². The number of benzene rings is 2. The Morgan fingerprint density at radius 2 is 1.62 bits per heavy atom. The van der Waals surface area contributed by atoms with E-state index in [-0.39, 0.29) is 22.5 Å². The average molecular weight is 516 g/mol. The van der Waals surface area contributed by atoms with Crippen molar-refractivity contribution in [2.24, 2.45) is 0 Å². The van der Waals surface area contributed by atoms with E-state index in [0.29, 0.717) is 5.39 Å². The molecule has 5 atom stereocenters. The SMILES string of the molecule is O=c1ccc2ccc(Oc3cc4cc(O)c(OC5OC(CO)C(O)C(O)C5O)c(O)c4oc3=O)cc2o1. The lowest BCUT2D eigenvalue weighted by atomic mass is 9.99. The highest BCUT2D eigenvalue weighted by Crippen LogP contribution is 2.44. The van der Waals surface area contributed by atoms with Crippen LogP contribution in [0.2, 0.25) is 0 Å². The highest BCUT2D eigenvalue weighted by molar-refractivity contribution is 5.88. The number of ether oxygens (including phenoxy) is 3. The molecule has 6 N–H and O–H groups in total. The maximum absolute atomic E-state index is 12.6. The fraction of sp³-hybridized carbons (Fsp3) is 0.250. The fourth-order valence-electron chi connectivity index (χ4n) is 3.90. The molecule has 194 valence electrons. The molecule has 3 heterocycles. The van der Waals surface area contributed by atoms with E-state index in [9.17, 15) is 40.2 Å². The summed E-state index contributed by atoms with van der Waals surface area (Å²) in [6.45, 7) is -0.721. The summed E-state index contributed by atoms with van der Waals surface area (Å²) in [5.74, 6) is -2.31. The number of hydrogen-bond donors (Lipinski definition) is 6. The van der Waals surface area contributed by atoms with Gasteiger partial charge in [0.05, 0.1) is 6.61 Å². The zero-order valence-electron chi connectivity index (χ0n) is 18.7. The molecule has 0 bridgehead atoms. The van der Waals surface area contributed by atoms with Crippen LogP contribution in [0.1, 0.15) is 0 Å². The summed E-state index contributed by atoms with van der Waals surface area (Å²) in [6.07, 6.45) is -8.24. The summed E-state index contributed by atoms with van der Waals surface area (Å²) in [4.78, 5) is 24.0. The predicted molar refractivity (Wildman–Crippen MR) is 123 cm³/mol. The normalized spacial score (nSPS) is 23.8. The minimum absolute atomic E-state index is 0.0260. The van der Waals surface area contributed by atoms with Gasteiger partial charge in [-0.1, -0.05) is 0 Å². The Bertz CT molecular complexity index is 1590. The zero-order valence-corrected chi connectivity index (χ0v) is 18.7. The van der Waals surface area contributed by atoms with Crippen molar-refractivity contribution < 1.29 is 53.7 Å². The van der Waals surface area contributed by atoms with Crippen molar-refractivity contribution in [3.63, 3.8) is 0 Å². The Balaban J connectivity index is 1.47. The second-order valence-corrected chi connectivity index (χ2v) is 8.26. The number of hydrogen-bond acceptors (Lipinski definition) is 13. The molecule has 5 unspecified atom stereocenters. The van der Waals surface area contributed by atoms with Crippen LogP contribution in [0.5, 0.6) is 28.7 Å². The molecule has 4 aromatic rings. The maximum Gasteiger partial charge on any atom is 0.379 e. The van der Waals surface area contributed by atoms with Crippen molar-refractivity contribution in [3.05, 3.63) is 63.3 Å². The molecule has 2 aromatic heterocycles. The monoisotopic (exact) mass is 516 g/mol. The van der Waals surface area contributed by atoms with Gasteiger partial charge in [0.25, 0.3) is 0 Å². The quantitative estimate of drug-likeness (QED) is 0.197. The number of fused-ring (bicyclic) bond motifs is 2. The summed E-state index contributed by atoms with van der Waals surface area (Å²) in [5, 5.41) is 61.0. The van der Waals surface area contributed by atoms with Crippen molar-refractivity contribution in [1.29, 1.82) is 0 Å². The summed E-state index contributed by atoms with van der Waals surface area (Å²) < 4.78 is 26.4. The molecule has 2 aromatic carbocycles. The second kappa shape index (κ2) is 9.38. The van der Waals surface area contributed by atoms with E-state index in [1.807, 2.05) is 0 Å². The van der Waals surface area contributed by atoms with E-state index in [1.54, 1.807) is 12.1 Å². The van der Waals surface area contributed by atoms with Gasteiger partial charge < -0.3 is 53.7 Å². The predicted octanol–water partition coefficient (Wildman–Crippen LogP) is 0.282. The van der Waals surface area contributed by atoms with E-state index in [0.717, 1.165) is 6.07 Å². The van der Waals surface area contributed by atoms with Crippen molar-refractivity contribution >= 4 is 21.9 Å². The second-order valence-electron chi connectivity index (χ2n) is 8.26. The van der Waals surface area contributed by atoms with Crippen LogP contribution in [0.4, 0.5) is 0 Å². The third-order valence-electron chi connectivity index (χ3n) is 5.80. The fourth-order valence-corrected chi connectivity index (χ4v) is 3.90. The Hall–Kier alpha value is -4.14. The van der Waals surface area contributed by atoms with Crippen LogP contribution in [0.25, 0.3) is 21.9 Å². The molecule has 0 spiro atoms. The van der Waals surface area contributed by atoms with Crippen molar-refractivity contribution in [1.82, 2.24) is 0 Å². The van der Waals surface area contributed by atoms with Gasteiger partial charge >= 0.3 is 11.3 Å². The molecule has 0 radical (unpaired) electrons. The Morgan fingerprint density at radius 3 is 2.38 bits per heavy atom. The zero-order chi connectivity index (χ0) is 26.4. The van der Waals surface area contributed by atoms with E-state index in [1.165, 1.54) is 24.3 Å². The molecule has 0 saturated carbocycles. The third-order valence-corrected chi connectivity index (χ3v) is 5.80. The van der Waals surface area contributed by atoms with Gasteiger partial charge in [-0.25, -0.2) is 9.59 Å². The summed E-state index contributed by atoms with van der Waals surface area (Å²) in [6, 6.07) is 9.61. The number of aromatic hydroxyl groups is 2. The molecule has 5 rings (SSSR count). The molecule has 0 aliphatic carbocycles. The standard InChI is InChI=1S/C24H20O13/c25-8-15-17(28)18(29)19(30)24(35-15)37-22-12(26)5-10-6-14(23(32)36-21(10)20(22)31)33-11-3-1-9-2-4-16(27)34-13(9)7-11/h1-7,15,17-19,24-26,28-31H,8H2. The number of phenols is 2. The molecular formula is C24H20O13. The largest absolute Gasteiger partial charge is 0.504 e. The first-order valence-corrected chi connectivity index (χ1v) is 10.9. The molecule has 1 aliphatic heterocycles. The first-order chi connectivity index (χ1) is 17.7. The van der Waals surface area contributed by atoms with Crippen molar-refractivity contribution in [2.75, 3.05) is 6.61 Å². The van der Waals surface area contributed by atoms with Crippen LogP contribution >= 0.6 is 0 Å². The number of aliphatic hydroxyl groups is 4. The minimum Gasteiger partial charge on any atom is -0.504 e. The van der Waals surface area contributed by atoms with Gasteiger partial charge in [-0.05, 0) is 30.3 Å². The van der Waals surface area contributed by atoms with Gasteiger partial charge in [0.1, 0.15) is 35.7 Å². The summed E-state index contributed by atoms with van der Waals surface area (Å²) in [5.41, 5.74) is -1.76. The van der Waals surface area contributed by atoms with E-state index in [4.69, 9.17) is 23.0 Å². The Morgan fingerprint density at radius 1 is 0.865 bits per heavy atom. The molecule has 37 heavy (non-hydrogen) atoms. The molecule has 13 nitrogen and oxygen atoms in total. The van der Waals surface area contributed by atoms with Crippen LogP contribution < -0.4 is 20.7 Å². The minimum atomic E-state index is -1.82. The maximum atomic E-state index is 12.6. The van der Waals surface area contributed by atoms with Gasteiger partial charge in [0.15, 0.2) is 11.3 Å². The summed E-state index contributed by atoms with van der Waals surface area (Å²) in [7, 11) is 0. The molecule has 1 fully saturated rings. The molecule has 1 aliphatic rings. The van der Waals surface area contributed by atoms with Crippen molar-refractivity contribution in [3.8, 4) is 28.7 Å². The molecular weight excluding hydrogens is 496 g/mol. The average Bonchev–Trinajstić information content (AvgIpc) is 2.87. The van der Waals surface area contributed by atoms with Gasteiger partial charge in [-0.3, -0.25) is 0 Å². The first-order valence-electron chi connectivity index (χ1n) is 10.9. The highest BCUT2D eigenvalue weighted by Gasteiger charge is 2.45. The lowest BCUT2D eigenvalue weighted by Gasteiger charge is -2.39. The molecule has 1 saturated heterocycles. The third kappa shape index (κ3) is 4.45. The van der Waals surface area contributed by atoms with Crippen LogP contribution in [-0.2, 0) is 4.74 Å². The smallest absolute Gasteiger partial charge is 0.379 e. The Labute approximate surface area is 205 Å². The van der Waals surface area contributed by atoms with E-state index in [2.05, 4.69) is 0 Å². The highest BCUT2D eigenvalue weighted by atomic mass is 16.7. The lowest BCUT2D eigenvalue weighted by Crippen LogP contribution is -2.60. The first kappa shape index (κ1) is 24.5. The number of aliphatic hydroxyl groups excluding tert-OH is 4. The van der Waals surface area contributed by atoms with Crippen LogP contribution in [0.15, 0.2) is 60.9 Å². The lowest BCUT2D eigenvalue weighted by molar-refractivity contribution is -0.277. The molecule has 0 amide bonds. The van der Waals surface area contributed by atoms with Gasteiger partial charge in [-0.2, -0.15) is 0 Å². The van der Waals surface area contributed by atoms with E-state index >= 15 is 0 Å². The van der Waals surface area contributed by atoms with Crippen LogP contribution in [0.3, 0.4) is 0 Å². The van der Waals surface area contributed by atoms with Crippen molar-refractivity contribution in [2.45, 2.75) is 30.7 Å². The van der Waals surface area contributed by atoms with Gasteiger partial charge in [0.2, 0.25) is 23.5 Å². The Kier molecular flexibility index (Phi) is 6.23. The van der Waals surface area contributed by atoms with Crippen LogP contribution in [-0.4, -0.2) is 68.0 Å². The topological polar surface area (TPSA) is 209 Å². The van der Waals surface area contributed by atoms with Crippen LogP contribution in [0, 0.1) is 0 Å².